The molecule has 42 heavy (non-hydrogen) atoms. The van der Waals surface area contributed by atoms with E-state index in [1.54, 1.807) is 0 Å². The largest absolute Gasteiger partial charge is 0.381 e. The van der Waals surface area contributed by atoms with E-state index in [1.165, 1.54) is 4.80 Å². The van der Waals surface area contributed by atoms with E-state index >= 15 is 0 Å². The van der Waals surface area contributed by atoms with Crippen molar-refractivity contribution in [3.05, 3.63) is 72.3 Å². The minimum absolute atomic E-state index is 0.0365. The zero-order valence-electron chi connectivity index (χ0n) is 23.8. The van der Waals surface area contributed by atoms with Gasteiger partial charge in [0, 0.05) is 44.7 Å². The Morgan fingerprint density at radius 3 is 2.40 bits per heavy atom. The van der Waals surface area contributed by atoms with Gasteiger partial charge >= 0.3 is 0 Å². The van der Waals surface area contributed by atoms with Crippen LogP contribution < -0.4 is 10.6 Å². The van der Waals surface area contributed by atoms with Crippen LogP contribution in [-0.2, 0) is 32.1 Å². The lowest BCUT2D eigenvalue weighted by atomic mass is 9.75. The van der Waals surface area contributed by atoms with E-state index in [0.717, 1.165) is 16.6 Å². The number of carbonyl (C=O) groups excluding carboxylic acids is 3. The van der Waals surface area contributed by atoms with Crippen molar-refractivity contribution in [3.8, 4) is 0 Å². The molecule has 0 unspecified atom stereocenters. The third-order valence-electron chi connectivity index (χ3n) is 8.97. The number of hydrogen-bond acceptors (Lipinski definition) is 6. The van der Waals surface area contributed by atoms with Crippen LogP contribution in [0.4, 0.5) is 0 Å². The van der Waals surface area contributed by atoms with Gasteiger partial charge in [-0.25, -0.2) is 0 Å². The second kappa shape index (κ2) is 12.4. The molecule has 2 N–H and O–H groups in total. The smallest absolute Gasteiger partial charge is 0.246 e. The summed E-state index contributed by atoms with van der Waals surface area (Å²) in [4.78, 5) is 44.1. The zero-order chi connectivity index (χ0) is 28.9. The summed E-state index contributed by atoms with van der Waals surface area (Å²) in [5, 5.41) is 15.3. The third-order valence-corrected chi connectivity index (χ3v) is 8.97. The van der Waals surface area contributed by atoms with Gasteiger partial charge in [0.1, 0.15) is 23.6 Å². The molecule has 220 valence electrons. The Balaban J connectivity index is 1.20. The van der Waals surface area contributed by atoms with Crippen LogP contribution in [0.25, 0.3) is 11.0 Å². The number of rotatable bonds is 4. The zero-order valence-corrected chi connectivity index (χ0v) is 23.8. The predicted molar refractivity (Wildman–Crippen MR) is 157 cm³/mol. The van der Waals surface area contributed by atoms with Crippen LogP contribution in [-0.4, -0.2) is 76.0 Å². The first kappa shape index (κ1) is 28.1. The Bertz CT molecular complexity index is 1410. The summed E-state index contributed by atoms with van der Waals surface area (Å²) in [6.07, 6.45) is 7.81. The standard InChI is InChI=1S/C32H38N6O4/c39-29(22-38-35-26-11-4-5-12-27(26)36-38)37-17-13-25-24(21-37)10-6-7-14-32(15-18-42-19-16-32)31(41)34-28(30(40)33-25)20-23-8-2-1-3-9-23/h1-9,11-12,24-25,28H,10,13-22H2,(H,33,40)(H,34,41)/b7-6+/t24-,25+,28-/m1/s1. The highest BCUT2D eigenvalue weighted by atomic mass is 16.5. The van der Waals surface area contributed by atoms with Crippen LogP contribution in [0.2, 0.25) is 0 Å². The number of aromatic nitrogens is 3. The van der Waals surface area contributed by atoms with E-state index in [4.69, 9.17) is 4.74 Å². The van der Waals surface area contributed by atoms with Crippen LogP contribution in [0.1, 0.15) is 37.7 Å². The molecule has 3 aliphatic heterocycles. The molecule has 1 spiro atoms. The van der Waals surface area contributed by atoms with Crippen LogP contribution in [0.5, 0.6) is 0 Å². The minimum atomic E-state index is -0.691. The Morgan fingerprint density at radius 1 is 0.952 bits per heavy atom. The van der Waals surface area contributed by atoms with E-state index < -0.39 is 11.5 Å². The van der Waals surface area contributed by atoms with Gasteiger partial charge in [-0.05, 0) is 49.8 Å². The molecule has 0 saturated carbocycles. The maximum atomic E-state index is 13.8. The van der Waals surface area contributed by atoms with Gasteiger partial charge in [-0.15, -0.1) is 0 Å². The molecule has 6 rings (SSSR count). The Labute approximate surface area is 245 Å². The molecule has 2 saturated heterocycles. The number of fused-ring (bicyclic) bond motifs is 2. The van der Waals surface area contributed by atoms with Gasteiger partial charge in [-0.1, -0.05) is 54.6 Å². The minimum Gasteiger partial charge on any atom is -0.381 e. The Kier molecular flexibility index (Phi) is 8.32. The average molecular weight is 571 g/mol. The highest BCUT2D eigenvalue weighted by Gasteiger charge is 2.41. The van der Waals surface area contributed by atoms with Crippen molar-refractivity contribution in [3.63, 3.8) is 0 Å². The summed E-state index contributed by atoms with van der Waals surface area (Å²) < 4.78 is 5.59. The third kappa shape index (κ3) is 6.23. The van der Waals surface area contributed by atoms with E-state index in [0.29, 0.717) is 64.8 Å². The van der Waals surface area contributed by atoms with Crippen LogP contribution >= 0.6 is 0 Å². The first-order chi connectivity index (χ1) is 20.5. The van der Waals surface area contributed by atoms with Crippen molar-refractivity contribution < 1.29 is 19.1 Å². The number of benzene rings is 2. The second-order valence-electron chi connectivity index (χ2n) is 11.7. The van der Waals surface area contributed by atoms with Gasteiger partial charge in [-0.3, -0.25) is 14.4 Å². The summed E-state index contributed by atoms with van der Waals surface area (Å²) in [6, 6.07) is 16.6. The van der Waals surface area contributed by atoms with Crippen LogP contribution in [0.15, 0.2) is 66.7 Å². The molecular formula is C32H38N6O4. The fourth-order valence-corrected chi connectivity index (χ4v) is 6.40. The van der Waals surface area contributed by atoms with Crippen molar-refractivity contribution in [1.82, 2.24) is 30.5 Å². The number of hydrogen-bond donors (Lipinski definition) is 2. The van der Waals surface area contributed by atoms with Gasteiger partial charge in [0.15, 0.2) is 0 Å². The molecule has 1 aromatic heterocycles. The number of likely N-dealkylation sites (tertiary alicyclic amines) is 1. The summed E-state index contributed by atoms with van der Waals surface area (Å²) >= 11 is 0. The average Bonchev–Trinajstić information content (AvgIpc) is 3.42. The molecule has 3 aliphatic rings. The first-order valence-corrected chi connectivity index (χ1v) is 14.9. The highest BCUT2D eigenvalue weighted by Crippen LogP contribution is 2.36. The Morgan fingerprint density at radius 2 is 1.67 bits per heavy atom. The summed E-state index contributed by atoms with van der Waals surface area (Å²) in [7, 11) is 0. The van der Waals surface area contributed by atoms with Crippen molar-refractivity contribution in [2.24, 2.45) is 11.3 Å². The monoisotopic (exact) mass is 570 g/mol. The lowest BCUT2D eigenvalue weighted by Gasteiger charge is -2.40. The molecular weight excluding hydrogens is 532 g/mol. The van der Waals surface area contributed by atoms with Gasteiger partial charge in [0.25, 0.3) is 0 Å². The maximum Gasteiger partial charge on any atom is 0.246 e. The molecule has 0 bridgehead atoms. The fraction of sp³-hybridized carbons (Fsp3) is 0.469. The van der Waals surface area contributed by atoms with Crippen LogP contribution in [0, 0.1) is 11.3 Å². The van der Waals surface area contributed by atoms with E-state index in [9.17, 15) is 14.4 Å². The molecule has 3 atom stereocenters. The molecule has 2 aromatic carbocycles. The molecule has 10 heteroatoms. The van der Waals surface area contributed by atoms with Gasteiger partial charge < -0.3 is 20.3 Å². The number of piperidine rings is 1. The summed E-state index contributed by atoms with van der Waals surface area (Å²) in [6.45, 7) is 2.19. The number of carbonyl (C=O) groups is 3. The lowest BCUT2D eigenvalue weighted by Crippen LogP contribution is -2.58. The predicted octanol–water partition coefficient (Wildman–Crippen LogP) is 2.64. The summed E-state index contributed by atoms with van der Waals surface area (Å²) in [5.41, 5.74) is 1.91. The van der Waals surface area contributed by atoms with Gasteiger partial charge in [0.05, 0.1) is 5.41 Å². The van der Waals surface area contributed by atoms with Crippen LogP contribution in [0.3, 0.4) is 0 Å². The molecule has 3 aromatic rings. The van der Waals surface area contributed by atoms with Gasteiger partial charge in [0.2, 0.25) is 17.7 Å². The molecule has 4 heterocycles. The quantitative estimate of drug-likeness (QED) is 0.466. The normalized spacial score (nSPS) is 25.5. The Hall–Kier alpha value is -4.05. The first-order valence-electron chi connectivity index (χ1n) is 14.9. The second-order valence-corrected chi connectivity index (χ2v) is 11.7. The number of ether oxygens (including phenoxy) is 1. The number of nitrogens with zero attached hydrogens (tertiary/aromatic N) is 4. The van der Waals surface area contributed by atoms with Crippen molar-refractivity contribution in [1.29, 1.82) is 0 Å². The molecule has 10 nitrogen and oxygen atoms in total. The molecule has 3 amide bonds. The number of allylic oxidation sites excluding steroid dienone is 2. The number of amides is 3. The molecule has 2 fully saturated rings. The maximum absolute atomic E-state index is 13.8. The fourth-order valence-electron chi connectivity index (χ4n) is 6.40. The van der Waals surface area contributed by atoms with Crippen molar-refractivity contribution >= 4 is 28.8 Å². The van der Waals surface area contributed by atoms with Crippen molar-refractivity contribution in [2.75, 3.05) is 26.3 Å². The van der Waals surface area contributed by atoms with E-state index in [2.05, 4.69) is 33.0 Å². The lowest BCUT2D eigenvalue weighted by molar-refractivity contribution is -0.140. The number of nitrogens with one attached hydrogen (secondary N) is 2. The van der Waals surface area contributed by atoms with Gasteiger partial charge in [-0.2, -0.15) is 15.0 Å². The SMILES string of the molecule is O=C1N[C@H]2CCN(C(=O)Cn3nc4ccccc4n3)C[C@H]2C/C=C/CC2(CCOCC2)C(=O)N[C@@H]1Cc1ccccc1. The molecule has 0 aliphatic carbocycles. The van der Waals surface area contributed by atoms with Crippen molar-refractivity contribution in [2.45, 2.75) is 57.2 Å². The summed E-state index contributed by atoms with van der Waals surface area (Å²) in [5.74, 6) is -0.249. The topological polar surface area (TPSA) is 118 Å². The molecule has 0 radical (unpaired) electrons. The van der Waals surface area contributed by atoms with E-state index in [1.807, 2.05) is 59.5 Å². The highest BCUT2D eigenvalue weighted by molar-refractivity contribution is 5.90. The van der Waals surface area contributed by atoms with E-state index in [-0.39, 0.29) is 36.2 Å².